The van der Waals surface area contributed by atoms with Crippen molar-refractivity contribution in [2.45, 2.75) is 31.5 Å². The molecule has 0 bridgehead atoms. The molecule has 20 heavy (non-hydrogen) atoms. The van der Waals surface area contributed by atoms with Crippen LogP contribution in [0.1, 0.15) is 31.1 Å². The molecule has 5 heteroatoms. The highest BCUT2D eigenvalue weighted by Crippen LogP contribution is 2.27. The Hall–Kier alpha value is -1.75. The van der Waals surface area contributed by atoms with Crippen LogP contribution < -0.4 is 0 Å². The van der Waals surface area contributed by atoms with Crippen molar-refractivity contribution in [2.24, 2.45) is 0 Å². The van der Waals surface area contributed by atoms with Gasteiger partial charge in [0.15, 0.2) is 5.16 Å². The smallest absolute Gasteiger partial charge is 0.313 e. The second kappa shape index (κ2) is 6.61. The van der Waals surface area contributed by atoms with Crippen molar-refractivity contribution in [1.82, 2.24) is 9.55 Å². The number of rotatable bonds is 6. The van der Waals surface area contributed by atoms with Gasteiger partial charge in [-0.1, -0.05) is 49.0 Å². The molecule has 4 nitrogen and oxygen atoms in total. The molecule has 0 saturated carbocycles. The predicted molar refractivity (Wildman–Crippen MR) is 80.2 cm³/mol. The van der Waals surface area contributed by atoms with Crippen molar-refractivity contribution in [3.8, 4) is 0 Å². The Balaban J connectivity index is 2.33. The SMILES string of the molecule is CCc1cnc(SCC(=O)O)n1C(C)c1ccccc1. The first-order valence-electron chi connectivity index (χ1n) is 6.59. The van der Waals surface area contributed by atoms with E-state index >= 15 is 0 Å². The van der Waals surface area contributed by atoms with Crippen LogP contribution in [-0.4, -0.2) is 26.4 Å². The number of carboxylic acids is 1. The summed E-state index contributed by atoms with van der Waals surface area (Å²) in [7, 11) is 0. The maximum Gasteiger partial charge on any atom is 0.313 e. The average molecular weight is 290 g/mol. The summed E-state index contributed by atoms with van der Waals surface area (Å²) in [4.78, 5) is 15.1. The number of aliphatic carboxylic acids is 1. The second-order valence-corrected chi connectivity index (χ2v) is 5.47. The minimum atomic E-state index is -0.824. The molecule has 1 atom stereocenters. The van der Waals surface area contributed by atoms with Gasteiger partial charge in [0, 0.05) is 11.9 Å². The van der Waals surface area contributed by atoms with Crippen molar-refractivity contribution < 1.29 is 9.90 Å². The Morgan fingerprint density at radius 2 is 2.10 bits per heavy atom. The lowest BCUT2D eigenvalue weighted by molar-refractivity contribution is -0.133. The van der Waals surface area contributed by atoms with Crippen LogP contribution in [0.3, 0.4) is 0 Å². The molecule has 0 saturated heterocycles. The number of carboxylic acid groups (broad SMARTS) is 1. The lowest BCUT2D eigenvalue weighted by Gasteiger charge is -2.19. The van der Waals surface area contributed by atoms with Gasteiger partial charge in [-0.3, -0.25) is 4.79 Å². The zero-order valence-electron chi connectivity index (χ0n) is 11.6. The summed E-state index contributed by atoms with van der Waals surface area (Å²) in [5, 5.41) is 9.59. The number of nitrogens with zero attached hydrogens (tertiary/aromatic N) is 2. The summed E-state index contributed by atoms with van der Waals surface area (Å²) in [6.45, 7) is 4.19. The van der Waals surface area contributed by atoms with Gasteiger partial charge < -0.3 is 9.67 Å². The molecule has 1 N–H and O–H groups in total. The van der Waals surface area contributed by atoms with Gasteiger partial charge in [0.2, 0.25) is 0 Å². The number of aromatic nitrogens is 2. The van der Waals surface area contributed by atoms with Crippen LogP contribution in [0.2, 0.25) is 0 Å². The highest BCUT2D eigenvalue weighted by molar-refractivity contribution is 7.99. The summed E-state index contributed by atoms with van der Waals surface area (Å²) in [6, 6.07) is 10.3. The predicted octanol–water partition coefficient (Wildman–Crippen LogP) is 3.23. The molecule has 2 rings (SSSR count). The summed E-state index contributed by atoms with van der Waals surface area (Å²) >= 11 is 1.27. The van der Waals surface area contributed by atoms with Gasteiger partial charge in [-0.15, -0.1) is 0 Å². The van der Waals surface area contributed by atoms with Crippen molar-refractivity contribution in [3.05, 3.63) is 47.8 Å². The van der Waals surface area contributed by atoms with Crippen LogP contribution in [0.15, 0.2) is 41.7 Å². The molecule has 106 valence electrons. The zero-order valence-corrected chi connectivity index (χ0v) is 12.4. The van der Waals surface area contributed by atoms with Crippen LogP contribution in [0.5, 0.6) is 0 Å². The number of hydrogen-bond donors (Lipinski definition) is 1. The number of carbonyl (C=O) groups is 1. The third kappa shape index (κ3) is 3.22. The number of benzene rings is 1. The lowest BCUT2D eigenvalue weighted by Crippen LogP contribution is -2.12. The fraction of sp³-hybridized carbons (Fsp3) is 0.333. The number of hydrogen-bond acceptors (Lipinski definition) is 3. The molecule has 0 amide bonds. The first-order valence-corrected chi connectivity index (χ1v) is 7.57. The van der Waals surface area contributed by atoms with Crippen LogP contribution in [0.4, 0.5) is 0 Å². The van der Waals surface area contributed by atoms with Gasteiger partial charge in [-0.05, 0) is 18.9 Å². The summed E-state index contributed by atoms with van der Waals surface area (Å²) in [5.41, 5.74) is 2.31. The number of imidazole rings is 1. The van der Waals surface area contributed by atoms with E-state index in [1.54, 1.807) is 0 Å². The second-order valence-electron chi connectivity index (χ2n) is 4.52. The maximum absolute atomic E-state index is 10.7. The topological polar surface area (TPSA) is 55.1 Å². The average Bonchev–Trinajstić information content (AvgIpc) is 2.88. The first-order chi connectivity index (χ1) is 9.63. The standard InChI is InChI=1S/C15H18N2O2S/c1-3-13-9-16-15(20-10-14(18)19)17(13)11(2)12-7-5-4-6-8-12/h4-9,11H,3,10H2,1-2H3,(H,18,19). The van der Waals surface area contributed by atoms with E-state index in [4.69, 9.17) is 5.11 Å². The molecule has 2 aromatic rings. The molecule has 0 radical (unpaired) electrons. The van der Waals surface area contributed by atoms with E-state index in [2.05, 4.69) is 35.5 Å². The monoisotopic (exact) mass is 290 g/mol. The molecule has 1 aromatic carbocycles. The molecule has 1 heterocycles. The van der Waals surface area contributed by atoms with Crippen LogP contribution in [-0.2, 0) is 11.2 Å². The Bertz CT molecular complexity index is 581. The van der Waals surface area contributed by atoms with E-state index in [1.807, 2.05) is 24.4 Å². The maximum atomic E-state index is 10.7. The summed E-state index contributed by atoms with van der Waals surface area (Å²) in [6.07, 6.45) is 2.71. The Morgan fingerprint density at radius 1 is 1.40 bits per heavy atom. The summed E-state index contributed by atoms with van der Waals surface area (Å²) in [5.74, 6) is -0.795. The first kappa shape index (κ1) is 14.7. The van der Waals surface area contributed by atoms with Gasteiger partial charge in [0.05, 0.1) is 11.8 Å². The van der Waals surface area contributed by atoms with Crippen LogP contribution in [0.25, 0.3) is 0 Å². The minimum absolute atomic E-state index is 0.0294. The van der Waals surface area contributed by atoms with Crippen LogP contribution >= 0.6 is 11.8 Å². The molecule has 0 aliphatic carbocycles. The molecule has 0 fully saturated rings. The highest BCUT2D eigenvalue weighted by Gasteiger charge is 2.17. The Kier molecular flexibility index (Phi) is 4.84. The number of aryl methyl sites for hydroxylation is 1. The third-order valence-electron chi connectivity index (χ3n) is 3.20. The normalized spacial score (nSPS) is 12.3. The molecule has 0 aliphatic rings. The highest BCUT2D eigenvalue weighted by atomic mass is 32.2. The Labute approximate surface area is 122 Å². The fourth-order valence-electron chi connectivity index (χ4n) is 2.17. The van der Waals surface area contributed by atoms with Gasteiger partial charge in [-0.2, -0.15) is 0 Å². The van der Waals surface area contributed by atoms with E-state index in [0.29, 0.717) is 0 Å². The van der Waals surface area contributed by atoms with E-state index in [1.165, 1.54) is 17.3 Å². The van der Waals surface area contributed by atoms with Gasteiger partial charge in [0.1, 0.15) is 0 Å². The summed E-state index contributed by atoms with van der Waals surface area (Å²) < 4.78 is 2.13. The Morgan fingerprint density at radius 3 is 2.70 bits per heavy atom. The van der Waals surface area contributed by atoms with Gasteiger partial charge >= 0.3 is 5.97 Å². The van der Waals surface area contributed by atoms with Crippen molar-refractivity contribution >= 4 is 17.7 Å². The van der Waals surface area contributed by atoms with Crippen molar-refractivity contribution in [3.63, 3.8) is 0 Å². The van der Waals surface area contributed by atoms with E-state index in [-0.39, 0.29) is 11.8 Å². The number of thioether (sulfide) groups is 1. The molecule has 0 spiro atoms. The molecule has 1 aromatic heterocycles. The zero-order chi connectivity index (χ0) is 14.5. The quantitative estimate of drug-likeness (QED) is 0.830. The van der Waals surface area contributed by atoms with Gasteiger partial charge in [0.25, 0.3) is 0 Å². The molecular formula is C15H18N2O2S. The minimum Gasteiger partial charge on any atom is -0.481 e. The van der Waals surface area contributed by atoms with Crippen molar-refractivity contribution in [2.75, 3.05) is 5.75 Å². The molecule has 1 unspecified atom stereocenters. The largest absolute Gasteiger partial charge is 0.481 e. The molecular weight excluding hydrogens is 272 g/mol. The van der Waals surface area contributed by atoms with E-state index in [0.717, 1.165) is 17.3 Å². The lowest BCUT2D eigenvalue weighted by atomic mass is 10.1. The van der Waals surface area contributed by atoms with E-state index < -0.39 is 5.97 Å². The van der Waals surface area contributed by atoms with E-state index in [9.17, 15) is 4.79 Å². The van der Waals surface area contributed by atoms with Crippen molar-refractivity contribution in [1.29, 1.82) is 0 Å². The van der Waals surface area contributed by atoms with Gasteiger partial charge in [-0.25, -0.2) is 4.98 Å². The fourth-order valence-corrected chi connectivity index (χ4v) is 2.96. The third-order valence-corrected chi connectivity index (χ3v) is 4.15. The van der Waals surface area contributed by atoms with Crippen LogP contribution in [0, 0.1) is 0 Å². The molecule has 0 aliphatic heterocycles.